The van der Waals surface area contributed by atoms with Crippen molar-refractivity contribution in [2.24, 2.45) is 0 Å². The van der Waals surface area contributed by atoms with E-state index in [1.165, 1.54) is 32.1 Å². The summed E-state index contributed by atoms with van der Waals surface area (Å²) in [6.45, 7) is 0.0694. The lowest BCUT2D eigenvalue weighted by Gasteiger charge is -2.27. The van der Waals surface area contributed by atoms with Crippen LogP contribution in [0.25, 0.3) is 0 Å². The number of phenols is 1. The highest BCUT2D eigenvalue weighted by Gasteiger charge is 2.18. The van der Waals surface area contributed by atoms with E-state index < -0.39 is 0 Å². The van der Waals surface area contributed by atoms with Crippen molar-refractivity contribution in [2.45, 2.75) is 44.2 Å². The van der Waals surface area contributed by atoms with E-state index in [1.54, 1.807) is 12.1 Å². The van der Waals surface area contributed by atoms with Gasteiger partial charge in [0.15, 0.2) is 0 Å². The molecule has 0 aromatic heterocycles. The van der Waals surface area contributed by atoms with Crippen molar-refractivity contribution in [3.05, 3.63) is 29.8 Å². The Hall–Kier alpha value is -1.06. The minimum Gasteiger partial charge on any atom is -0.508 e. The van der Waals surface area contributed by atoms with E-state index in [0.717, 1.165) is 5.56 Å². The van der Waals surface area contributed by atoms with E-state index in [9.17, 15) is 10.2 Å². The fourth-order valence-electron chi connectivity index (χ4n) is 2.55. The van der Waals surface area contributed by atoms with Gasteiger partial charge in [-0.3, -0.25) is 0 Å². The molecule has 0 aliphatic heterocycles. The molecule has 1 aliphatic rings. The molecule has 1 aliphatic carbocycles. The number of nitrogens with one attached hydrogen (secondary N) is 1. The van der Waals surface area contributed by atoms with Gasteiger partial charge in [0.05, 0.1) is 12.6 Å². The Kier molecular flexibility index (Phi) is 4.40. The maximum Gasteiger partial charge on any atom is 0.115 e. The Labute approximate surface area is 102 Å². The molecular weight excluding hydrogens is 214 g/mol. The van der Waals surface area contributed by atoms with Gasteiger partial charge in [-0.2, -0.15) is 0 Å². The molecule has 2 rings (SSSR count). The van der Waals surface area contributed by atoms with Gasteiger partial charge in [-0.05, 0) is 30.5 Å². The summed E-state index contributed by atoms with van der Waals surface area (Å²) >= 11 is 0. The quantitative estimate of drug-likeness (QED) is 0.751. The summed E-state index contributed by atoms with van der Waals surface area (Å²) in [4.78, 5) is 0. The summed E-state index contributed by atoms with van der Waals surface area (Å²) in [6, 6.07) is 7.56. The van der Waals surface area contributed by atoms with Crippen molar-refractivity contribution < 1.29 is 10.2 Å². The second-order valence-corrected chi connectivity index (χ2v) is 4.83. The van der Waals surface area contributed by atoms with Crippen molar-refractivity contribution in [1.29, 1.82) is 0 Å². The van der Waals surface area contributed by atoms with Crippen LogP contribution in [0, 0.1) is 0 Å². The third-order valence-electron chi connectivity index (χ3n) is 3.50. The van der Waals surface area contributed by atoms with Gasteiger partial charge in [-0.25, -0.2) is 0 Å². The van der Waals surface area contributed by atoms with Crippen LogP contribution in [-0.4, -0.2) is 22.9 Å². The summed E-state index contributed by atoms with van der Waals surface area (Å²) in [6.07, 6.45) is 6.25. The zero-order valence-electron chi connectivity index (χ0n) is 10.1. The zero-order chi connectivity index (χ0) is 12.1. The number of aliphatic hydroxyl groups excluding tert-OH is 1. The number of phenolic OH excluding ortho intramolecular Hbond substituents is 1. The first-order chi connectivity index (χ1) is 8.29. The number of benzene rings is 1. The lowest BCUT2D eigenvalue weighted by atomic mass is 9.94. The highest BCUT2D eigenvalue weighted by molar-refractivity contribution is 5.29. The summed E-state index contributed by atoms with van der Waals surface area (Å²) in [5.74, 6) is 0.256. The first-order valence-electron chi connectivity index (χ1n) is 6.45. The minimum atomic E-state index is -0.0646. The fraction of sp³-hybridized carbons (Fsp3) is 0.571. The highest BCUT2D eigenvalue weighted by atomic mass is 16.3. The fourth-order valence-corrected chi connectivity index (χ4v) is 2.55. The topological polar surface area (TPSA) is 52.5 Å². The number of aromatic hydroxyl groups is 1. The summed E-state index contributed by atoms with van der Waals surface area (Å²) < 4.78 is 0. The maximum absolute atomic E-state index is 9.46. The molecule has 3 N–H and O–H groups in total. The smallest absolute Gasteiger partial charge is 0.115 e. The van der Waals surface area contributed by atoms with Crippen LogP contribution in [0.1, 0.15) is 43.7 Å². The largest absolute Gasteiger partial charge is 0.508 e. The molecule has 0 bridgehead atoms. The monoisotopic (exact) mass is 235 g/mol. The predicted octanol–water partition coefficient (Wildman–Crippen LogP) is 2.35. The minimum absolute atomic E-state index is 0.0646. The molecule has 1 saturated carbocycles. The SMILES string of the molecule is OCC(NC1CCCCC1)c1cccc(O)c1. The molecule has 0 heterocycles. The summed E-state index contributed by atoms with van der Waals surface area (Å²) in [7, 11) is 0. The highest BCUT2D eigenvalue weighted by Crippen LogP contribution is 2.23. The average Bonchev–Trinajstić information content (AvgIpc) is 2.37. The molecule has 0 amide bonds. The molecule has 0 spiro atoms. The van der Waals surface area contributed by atoms with Gasteiger partial charge < -0.3 is 15.5 Å². The number of aliphatic hydroxyl groups is 1. The lowest BCUT2D eigenvalue weighted by molar-refractivity contribution is 0.220. The van der Waals surface area contributed by atoms with Gasteiger partial charge in [-0.15, -0.1) is 0 Å². The lowest BCUT2D eigenvalue weighted by Crippen LogP contribution is -2.36. The second-order valence-electron chi connectivity index (χ2n) is 4.83. The summed E-state index contributed by atoms with van der Waals surface area (Å²) in [5.41, 5.74) is 0.957. The molecule has 1 aromatic carbocycles. The molecule has 1 fully saturated rings. The van der Waals surface area contributed by atoms with Gasteiger partial charge in [0, 0.05) is 6.04 Å². The third kappa shape index (κ3) is 3.45. The molecule has 17 heavy (non-hydrogen) atoms. The zero-order valence-corrected chi connectivity index (χ0v) is 10.1. The number of hydrogen-bond acceptors (Lipinski definition) is 3. The molecule has 1 unspecified atom stereocenters. The van der Waals surface area contributed by atoms with E-state index >= 15 is 0 Å². The molecule has 1 aromatic rings. The van der Waals surface area contributed by atoms with Crippen LogP contribution in [0.5, 0.6) is 5.75 Å². The van der Waals surface area contributed by atoms with Crippen molar-refractivity contribution >= 4 is 0 Å². The van der Waals surface area contributed by atoms with E-state index in [1.807, 2.05) is 12.1 Å². The standard InChI is InChI=1S/C14H21NO2/c16-10-14(11-5-4-8-13(17)9-11)15-12-6-2-1-3-7-12/h4-5,8-9,12,14-17H,1-3,6-7,10H2. The normalized spacial score (nSPS) is 19.1. The first-order valence-corrected chi connectivity index (χ1v) is 6.45. The second kappa shape index (κ2) is 6.03. The van der Waals surface area contributed by atoms with E-state index in [-0.39, 0.29) is 18.4 Å². The Bertz CT molecular complexity index is 348. The maximum atomic E-state index is 9.46. The van der Waals surface area contributed by atoms with Crippen LogP contribution < -0.4 is 5.32 Å². The van der Waals surface area contributed by atoms with Crippen molar-refractivity contribution in [2.75, 3.05) is 6.61 Å². The Morgan fingerprint density at radius 1 is 1.24 bits per heavy atom. The molecule has 3 nitrogen and oxygen atoms in total. The van der Waals surface area contributed by atoms with Gasteiger partial charge in [0.2, 0.25) is 0 Å². The average molecular weight is 235 g/mol. The van der Waals surface area contributed by atoms with Crippen LogP contribution in [0.2, 0.25) is 0 Å². The van der Waals surface area contributed by atoms with Gasteiger partial charge in [0.25, 0.3) is 0 Å². The molecule has 3 heteroatoms. The van der Waals surface area contributed by atoms with Crippen LogP contribution >= 0.6 is 0 Å². The molecular formula is C14H21NO2. The van der Waals surface area contributed by atoms with Crippen LogP contribution in [0.4, 0.5) is 0 Å². The van der Waals surface area contributed by atoms with Crippen molar-refractivity contribution in [3.8, 4) is 5.75 Å². The Balaban J connectivity index is 2.00. The molecule has 94 valence electrons. The van der Waals surface area contributed by atoms with Gasteiger partial charge in [0.1, 0.15) is 5.75 Å². The van der Waals surface area contributed by atoms with E-state index in [2.05, 4.69) is 5.32 Å². The molecule has 0 saturated heterocycles. The molecule has 1 atom stereocenters. The van der Waals surface area contributed by atoms with Gasteiger partial charge in [-0.1, -0.05) is 31.4 Å². The predicted molar refractivity (Wildman–Crippen MR) is 67.9 cm³/mol. The first kappa shape index (κ1) is 12.4. The van der Waals surface area contributed by atoms with Crippen molar-refractivity contribution in [3.63, 3.8) is 0 Å². The van der Waals surface area contributed by atoms with E-state index in [0.29, 0.717) is 6.04 Å². The molecule has 0 radical (unpaired) electrons. The van der Waals surface area contributed by atoms with Crippen LogP contribution in [0.15, 0.2) is 24.3 Å². The Morgan fingerprint density at radius 3 is 2.65 bits per heavy atom. The van der Waals surface area contributed by atoms with Crippen LogP contribution in [-0.2, 0) is 0 Å². The van der Waals surface area contributed by atoms with Gasteiger partial charge >= 0.3 is 0 Å². The Morgan fingerprint density at radius 2 is 2.00 bits per heavy atom. The van der Waals surface area contributed by atoms with Crippen LogP contribution in [0.3, 0.4) is 0 Å². The summed E-state index contributed by atoms with van der Waals surface area (Å²) in [5, 5.41) is 22.4. The van der Waals surface area contributed by atoms with E-state index in [4.69, 9.17) is 0 Å². The van der Waals surface area contributed by atoms with Crippen molar-refractivity contribution in [1.82, 2.24) is 5.32 Å². The number of hydrogen-bond donors (Lipinski definition) is 3. The number of rotatable bonds is 4. The third-order valence-corrected chi connectivity index (χ3v) is 3.50.